The van der Waals surface area contributed by atoms with Gasteiger partial charge in [0.2, 0.25) is 0 Å². The highest BCUT2D eigenvalue weighted by Gasteiger charge is 2.08. The molecule has 0 radical (unpaired) electrons. The van der Waals surface area contributed by atoms with E-state index in [1.54, 1.807) is 30.1 Å². The van der Waals surface area contributed by atoms with Crippen molar-refractivity contribution in [3.63, 3.8) is 0 Å². The molecule has 114 valence electrons. The standard InChI is InChI=1S/C17H13FN4S/c18-12-5-7-13(8-6-12)22-10-9-19-17(22)23-11-16-20-14-3-1-2-4-15(14)21-16/h1-10H,11H2,(H,20,21). The molecular formula is C17H13FN4S. The summed E-state index contributed by atoms with van der Waals surface area (Å²) >= 11 is 1.59. The zero-order valence-corrected chi connectivity index (χ0v) is 12.9. The summed E-state index contributed by atoms with van der Waals surface area (Å²) in [4.78, 5) is 12.2. The fourth-order valence-electron chi connectivity index (χ4n) is 2.40. The van der Waals surface area contributed by atoms with Crippen LogP contribution in [0.4, 0.5) is 4.39 Å². The average Bonchev–Trinajstić information content (AvgIpc) is 3.19. The fraction of sp³-hybridized carbons (Fsp3) is 0.0588. The van der Waals surface area contributed by atoms with Crippen molar-refractivity contribution in [2.75, 3.05) is 0 Å². The van der Waals surface area contributed by atoms with E-state index in [0.717, 1.165) is 27.7 Å². The summed E-state index contributed by atoms with van der Waals surface area (Å²) in [5.41, 5.74) is 2.88. The molecule has 2 aromatic heterocycles. The Labute approximate surface area is 136 Å². The lowest BCUT2D eigenvalue weighted by Crippen LogP contribution is -1.96. The van der Waals surface area contributed by atoms with Crippen molar-refractivity contribution in [2.45, 2.75) is 10.9 Å². The molecule has 0 saturated heterocycles. The number of H-pyrrole nitrogens is 1. The number of imidazole rings is 2. The zero-order chi connectivity index (χ0) is 15.6. The molecular weight excluding hydrogens is 311 g/mol. The minimum atomic E-state index is -0.245. The maximum absolute atomic E-state index is 13.1. The number of hydrogen-bond donors (Lipinski definition) is 1. The van der Waals surface area contributed by atoms with E-state index in [-0.39, 0.29) is 5.82 Å². The number of hydrogen-bond acceptors (Lipinski definition) is 3. The molecule has 0 unspecified atom stereocenters. The summed E-state index contributed by atoms with van der Waals surface area (Å²) in [7, 11) is 0. The summed E-state index contributed by atoms with van der Waals surface area (Å²) in [6.45, 7) is 0. The molecule has 0 amide bonds. The van der Waals surface area contributed by atoms with Crippen molar-refractivity contribution in [2.24, 2.45) is 0 Å². The van der Waals surface area contributed by atoms with Gasteiger partial charge in [0.25, 0.3) is 0 Å². The maximum atomic E-state index is 13.1. The highest BCUT2D eigenvalue weighted by Crippen LogP contribution is 2.24. The Morgan fingerprint density at radius 2 is 1.91 bits per heavy atom. The number of aromatic nitrogens is 4. The van der Waals surface area contributed by atoms with Crippen molar-refractivity contribution in [3.8, 4) is 5.69 Å². The Morgan fingerprint density at radius 3 is 2.74 bits per heavy atom. The van der Waals surface area contributed by atoms with Crippen LogP contribution in [0.5, 0.6) is 0 Å². The molecule has 0 atom stereocenters. The molecule has 0 fully saturated rings. The van der Waals surface area contributed by atoms with Crippen LogP contribution in [0.1, 0.15) is 5.82 Å². The van der Waals surface area contributed by atoms with Crippen molar-refractivity contribution < 1.29 is 4.39 Å². The first-order valence-corrected chi connectivity index (χ1v) is 8.14. The van der Waals surface area contributed by atoms with E-state index in [2.05, 4.69) is 15.0 Å². The number of aromatic amines is 1. The predicted octanol–water partition coefficient (Wildman–Crippen LogP) is 4.18. The van der Waals surface area contributed by atoms with Gasteiger partial charge in [0.05, 0.1) is 16.8 Å². The van der Waals surface area contributed by atoms with Gasteiger partial charge in [0.1, 0.15) is 11.6 Å². The summed E-state index contributed by atoms with van der Waals surface area (Å²) < 4.78 is 15.0. The van der Waals surface area contributed by atoms with Gasteiger partial charge in [-0.3, -0.25) is 4.57 Å². The molecule has 0 aliphatic heterocycles. The molecule has 23 heavy (non-hydrogen) atoms. The van der Waals surface area contributed by atoms with Crippen molar-refractivity contribution >= 4 is 22.8 Å². The number of thioether (sulfide) groups is 1. The first kappa shape index (κ1) is 14.0. The summed E-state index contributed by atoms with van der Waals surface area (Å²) in [6, 6.07) is 14.3. The van der Waals surface area contributed by atoms with E-state index >= 15 is 0 Å². The van der Waals surface area contributed by atoms with Gasteiger partial charge >= 0.3 is 0 Å². The molecule has 2 aromatic carbocycles. The second-order valence-corrected chi connectivity index (χ2v) is 5.99. The molecule has 0 saturated carbocycles. The topological polar surface area (TPSA) is 46.5 Å². The molecule has 4 aromatic rings. The van der Waals surface area contributed by atoms with Crippen LogP contribution in [0.25, 0.3) is 16.7 Å². The molecule has 6 heteroatoms. The van der Waals surface area contributed by atoms with E-state index in [9.17, 15) is 4.39 Å². The number of rotatable bonds is 4. The molecule has 0 aliphatic rings. The number of nitrogens with one attached hydrogen (secondary N) is 1. The number of halogens is 1. The normalized spacial score (nSPS) is 11.2. The average molecular weight is 324 g/mol. The van der Waals surface area contributed by atoms with E-state index in [1.165, 1.54) is 12.1 Å². The van der Waals surface area contributed by atoms with E-state index in [4.69, 9.17) is 0 Å². The number of nitrogens with zero attached hydrogens (tertiary/aromatic N) is 3. The first-order chi connectivity index (χ1) is 11.3. The van der Waals surface area contributed by atoms with Gasteiger partial charge in [-0.25, -0.2) is 14.4 Å². The zero-order valence-electron chi connectivity index (χ0n) is 12.1. The SMILES string of the molecule is Fc1ccc(-n2ccnc2SCc2nc3ccccc3[nH]2)cc1. The van der Waals surface area contributed by atoms with Gasteiger partial charge in [-0.2, -0.15) is 0 Å². The fourth-order valence-corrected chi connectivity index (χ4v) is 3.24. The quantitative estimate of drug-likeness (QED) is 0.573. The first-order valence-electron chi connectivity index (χ1n) is 7.15. The van der Waals surface area contributed by atoms with E-state index in [1.807, 2.05) is 35.0 Å². The largest absolute Gasteiger partial charge is 0.341 e. The highest BCUT2D eigenvalue weighted by atomic mass is 32.2. The Morgan fingerprint density at radius 1 is 1.09 bits per heavy atom. The molecule has 4 nitrogen and oxygen atoms in total. The second kappa shape index (κ2) is 5.89. The van der Waals surface area contributed by atoms with Crippen LogP contribution < -0.4 is 0 Å². The Bertz CT molecular complexity index is 910. The number of para-hydroxylation sites is 2. The van der Waals surface area contributed by atoms with Crippen molar-refractivity contribution in [1.29, 1.82) is 0 Å². The Kier molecular flexibility index (Phi) is 3.59. The van der Waals surface area contributed by atoms with Crippen LogP contribution in [-0.2, 0) is 5.75 Å². The lowest BCUT2D eigenvalue weighted by atomic mass is 10.3. The van der Waals surface area contributed by atoms with Gasteiger partial charge in [0, 0.05) is 18.1 Å². The highest BCUT2D eigenvalue weighted by molar-refractivity contribution is 7.98. The monoisotopic (exact) mass is 324 g/mol. The third kappa shape index (κ3) is 2.85. The minimum Gasteiger partial charge on any atom is -0.341 e. The molecule has 2 heterocycles. The lowest BCUT2D eigenvalue weighted by Gasteiger charge is -2.06. The van der Waals surface area contributed by atoms with E-state index in [0.29, 0.717) is 5.75 Å². The van der Waals surface area contributed by atoms with Crippen LogP contribution in [0.15, 0.2) is 66.1 Å². The van der Waals surface area contributed by atoms with Crippen LogP contribution in [0.2, 0.25) is 0 Å². The molecule has 0 bridgehead atoms. The maximum Gasteiger partial charge on any atom is 0.173 e. The van der Waals surface area contributed by atoms with Crippen molar-refractivity contribution in [3.05, 3.63) is 72.6 Å². The van der Waals surface area contributed by atoms with Crippen LogP contribution in [-0.4, -0.2) is 19.5 Å². The Hall–Kier alpha value is -2.60. The van der Waals surface area contributed by atoms with Gasteiger partial charge in [-0.1, -0.05) is 23.9 Å². The Balaban J connectivity index is 1.55. The number of benzene rings is 2. The summed E-state index contributed by atoms with van der Waals surface area (Å²) in [5, 5.41) is 0.845. The van der Waals surface area contributed by atoms with Crippen molar-refractivity contribution in [1.82, 2.24) is 19.5 Å². The molecule has 0 aliphatic carbocycles. The van der Waals surface area contributed by atoms with Gasteiger partial charge in [-0.05, 0) is 36.4 Å². The number of fused-ring (bicyclic) bond motifs is 1. The van der Waals surface area contributed by atoms with E-state index < -0.39 is 0 Å². The van der Waals surface area contributed by atoms with Crippen LogP contribution >= 0.6 is 11.8 Å². The lowest BCUT2D eigenvalue weighted by molar-refractivity contribution is 0.627. The summed E-state index contributed by atoms with van der Waals surface area (Å²) in [5.74, 6) is 1.35. The van der Waals surface area contributed by atoms with Gasteiger partial charge in [0.15, 0.2) is 5.16 Å². The summed E-state index contributed by atoms with van der Waals surface area (Å²) in [6.07, 6.45) is 3.61. The van der Waals surface area contributed by atoms with Gasteiger partial charge in [-0.15, -0.1) is 0 Å². The predicted molar refractivity (Wildman–Crippen MR) is 89.2 cm³/mol. The third-order valence-corrected chi connectivity index (χ3v) is 4.47. The molecule has 0 spiro atoms. The second-order valence-electron chi connectivity index (χ2n) is 5.05. The smallest absolute Gasteiger partial charge is 0.173 e. The third-order valence-electron chi connectivity index (χ3n) is 3.49. The molecule has 4 rings (SSSR count). The van der Waals surface area contributed by atoms with Crippen LogP contribution in [0, 0.1) is 5.82 Å². The van der Waals surface area contributed by atoms with Gasteiger partial charge < -0.3 is 4.98 Å². The van der Waals surface area contributed by atoms with Crippen LogP contribution in [0.3, 0.4) is 0 Å². The minimum absolute atomic E-state index is 0.245. The molecule has 1 N–H and O–H groups in total.